The molecule has 0 aliphatic carbocycles. The van der Waals surface area contributed by atoms with Crippen molar-refractivity contribution in [2.45, 2.75) is 13.8 Å². The van der Waals surface area contributed by atoms with Gasteiger partial charge in [-0.1, -0.05) is 24.3 Å². The Labute approximate surface area is 172 Å². The van der Waals surface area contributed by atoms with E-state index in [1.807, 2.05) is 29.2 Å². The maximum atomic E-state index is 13.0. The quantitative estimate of drug-likeness (QED) is 0.722. The first-order valence-corrected chi connectivity index (χ1v) is 9.99. The number of pyridine rings is 1. The second-order valence-electron chi connectivity index (χ2n) is 7.55. The minimum atomic E-state index is 0.0589. The minimum absolute atomic E-state index is 0.0589. The van der Waals surface area contributed by atoms with Crippen molar-refractivity contribution in [2.24, 2.45) is 0 Å². The van der Waals surface area contributed by atoms with Gasteiger partial charge in [-0.15, -0.1) is 0 Å². The zero-order valence-corrected chi connectivity index (χ0v) is 16.9. The highest BCUT2D eigenvalue weighted by atomic mass is 16.2. The van der Waals surface area contributed by atoms with Crippen molar-refractivity contribution in [2.75, 3.05) is 36.4 Å². The summed E-state index contributed by atoms with van der Waals surface area (Å²) in [6.45, 7) is 7.26. The number of hydrogen-bond acceptors (Lipinski definition) is 4. The molecule has 148 valence electrons. The SMILES string of the molecule is Cc1cc(C)cc(Nc2cc(C(=O)N3CCN(c4ccccc4)CC3)ccn2)c1. The van der Waals surface area contributed by atoms with E-state index in [1.54, 1.807) is 12.3 Å². The molecule has 29 heavy (non-hydrogen) atoms. The highest BCUT2D eigenvalue weighted by molar-refractivity contribution is 5.95. The van der Waals surface area contributed by atoms with Crippen LogP contribution in [-0.4, -0.2) is 42.0 Å². The molecule has 0 saturated carbocycles. The van der Waals surface area contributed by atoms with Crippen molar-refractivity contribution in [3.8, 4) is 0 Å². The summed E-state index contributed by atoms with van der Waals surface area (Å²) in [4.78, 5) is 21.6. The predicted molar refractivity (Wildman–Crippen MR) is 118 cm³/mol. The van der Waals surface area contributed by atoms with E-state index in [4.69, 9.17) is 0 Å². The van der Waals surface area contributed by atoms with Gasteiger partial charge in [-0.2, -0.15) is 0 Å². The number of amides is 1. The predicted octanol–water partition coefficient (Wildman–Crippen LogP) is 4.40. The van der Waals surface area contributed by atoms with Gasteiger partial charge in [-0.25, -0.2) is 4.98 Å². The third-order valence-corrected chi connectivity index (χ3v) is 5.19. The molecule has 0 unspecified atom stereocenters. The summed E-state index contributed by atoms with van der Waals surface area (Å²) in [5.41, 5.74) is 5.24. The lowest BCUT2D eigenvalue weighted by Crippen LogP contribution is -2.48. The molecular formula is C24H26N4O. The fourth-order valence-corrected chi connectivity index (χ4v) is 3.82. The van der Waals surface area contributed by atoms with Gasteiger partial charge in [0, 0.05) is 49.3 Å². The number of anilines is 3. The Morgan fingerprint density at radius 3 is 2.28 bits per heavy atom. The summed E-state index contributed by atoms with van der Waals surface area (Å²) in [6, 6.07) is 20.3. The lowest BCUT2D eigenvalue weighted by atomic mass is 10.1. The molecule has 1 N–H and O–H groups in total. The second kappa shape index (κ2) is 8.35. The van der Waals surface area contributed by atoms with Gasteiger partial charge < -0.3 is 15.1 Å². The Bertz CT molecular complexity index is 975. The number of benzene rings is 2. The number of hydrogen-bond donors (Lipinski definition) is 1. The van der Waals surface area contributed by atoms with Crippen molar-refractivity contribution in [1.29, 1.82) is 0 Å². The molecule has 0 atom stereocenters. The summed E-state index contributed by atoms with van der Waals surface area (Å²) in [6.07, 6.45) is 1.69. The summed E-state index contributed by atoms with van der Waals surface area (Å²) < 4.78 is 0. The van der Waals surface area contributed by atoms with Crippen LogP contribution in [0.1, 0.15) is 21.5 Å². The first-order valence-electron chi connectivity index (χ1n) is 9.99. The van der Waals surface area contributed by atoms with E-state index >= 15 is 0 Å². The van der Waals surface area contributed by atoms with E-state index in [1.165, 1.54) is 16.8 Å². The average Bonchev–Trinajstić information content (AvgIpc) is 2.73. The zero-order chi connectivity index (χ0) is 20.2. The van der Waals surface area contributed by atoms with E-state index in [9.17, 15) is 4.79 Å². The van der Waals surface area contributed by atoms with Crippen molar-refractivity contribution in [3.63, 3.8) is 0 Å². The van der Waals surface area contributed by atoms with Crippen LogP contribution < -0.4 is 10.2 Å². The molecule has 3 aromatic rings. The van der Waals surface area contributed by atoms with Crippen LogP contribution in [0.25, 0.3) is 0 Å². The fourth-order valence-electron chi connectivity index (χ4n) is 3.82. The van der Waals surface area contributed by atoms with Crippen LogP contribution >= 0.6 is 0 Å². The monoisotopic (exact) mass is 386 g/mol. The van der Waals surface area contributed by atoms with Crippen LogP contribution in [0.5, 0.6) is 0 Å². The van der Waals surface area contributed by atoms with Crippen molar-refractivity contribution in [3.05, 3.63) is 83.6 Å². The molecule has 1 aliphatic heterocycles. The molecule has 1 aliphatic rings. The van der Waals surface area contributed by atoms with Crippen molar-refractivity contribution >= 4 is 23.1 Å². The zero-order valence-electron chi connectivity index (χ0n) is 16.9. The standard InChI is InChI=1S/C24H26N4O/c1-18-14-19(2)16-21(15-18)26-23-17-20(8-9-25-23)24(29)28-12-10-27(11-13-28)22-6-4-3-5-7-22/h3-9,14-17H,10-13H2,1-2H3,(H,25,26). The molecule has 0 radical (unpaired) electrons. The number of carbonyl (C=O) groups excluding carboxylic acids is 1. The highest BCUT2D eigenvalue weighted by Gasteiger charge is 2.22. The van der Waals surface area contributed by atoms with Crippen LogP contribution in [-0.2, 0) is 0 Å². The number of nitrogens with zero attached hydrogens (tertiary/aromatic N) is 3. The smallest absolute Gasteiger partial charge is 0.254 e. The summed E-state index contributed by atoms with van der Waals surface area (Å²) in [5, 5.41) is 3.32. The summed E-state index contributed by atoms with van der Waals surface area (Å²) in [5.74, 6) is 0.743. The Balaban J connectivity index is 1.42. The normalized spacial score (nSPS) is 14.0. The maximum absolute atomic E-state index is 13.0. The third-order valence-electron chi connectivity index (χ3n) is 5.19. The molecule has 1 amide bonds. The maximum Gasteiger partial charge on any atom is 0.254 e. The van der Waals surface area contributed by atoms with Crippen LogP contribution in [0.4, 0.5) is 17.2 Å². The van der Waals surface area contributed by atoms with Gasteiger partial charge in [0.1, 0.15) is 5.82 Å². The average molecular weight is 386 g/mol. The molecule has 1 saturated heterocycles. The lowest BCUT2D eigenvalue weighted by Gasteiger charge is -2.36. The number of nitrogens with one attached hydrogen (secondary N) is 1. The molecule has 1 aromatic heterocycles. The summed E-state index contributed by atoms with van der Waals surface area (Å²) >= 11 is 0. The number of para-hydroxylation sites is 1. The number of piperazine rings is 1. The number of aryl methyl sites for hydroxylation is 2. The summed E-state index contributed by atoms with van der Waals surface area (Å²) in [7, 11) is 0. The molecule has 5 heteroatoms. The third kappa shape index (κ3) is 4.57. The van der Waals surface area contributed by atoms with Crippen LogP contribution in [0.2, 0.25) is 0 Å². The van der Waals surface area contributed by atoms with Gasteiger partial charge in [0.25, 0.3) is 5.91 Å². The number of aromatic nitrogens is 1. The van der Waals surface area contributed by atoms with Gasteiger partial charge in [-0.05, 0) is 61.4 Å². The van der Waals surface area contributed by atoms with Gasteiger partial charge in [-0.3, -0.25) is 4.79 Å². The Morgan fingerprint density at radius 1 is 0.897 bits per heavy atom. The molecule has 5 nitrogen and oxygen atoms in total. The minimum Gasteiger partial charge on any atom is -0.368 e. The Hall–Kier alpha value is -3.34. The van der Waals surface area contributed by atoms with E-state index in [0.29, 0.717) is 11.4 Å². The molecule has 0 bridgehead atoms. The Kier molecular flexibility index (Phi) is 5.47. The van der Waals surface area contributed by atoms with Crippen LogP contribution in [0.15, 0.2) is 66.9 Å². The van der Waals surface area contributed by atoms with Crippen molar-refractivity contribution < 1.29 is 4.79 Å². The Morgan fingerprint density at radius 2 is 1.59 bits per heavy atom. The molecule has 2 aromatic carbocycles. The van der Waals surface area contributed by atoms with E-state index in [2.05, 4.69) is 59.4 Å². The first kappa shape index (κ1) is 19.0. The first-order chi connectivity index (χ1) is 14.1. The number of rotatable bonds is 4. The molecular weight excluding hydrogens is 360 g/mol. The molecule has 0 spiro atoms. The van der Waals surface area contributed by atoms with Crippen LogP contribution in [0, 0.1) is 13.8 Å². The molecule has 1 fully saturated rings. The van der Waals surface area contributed by atoms with Gasteiger partial charge in [0.2, 0.25) is 0 Å². The van der Waals surface area contributed by atoms with Gasteiger partial charge >= 0.3 is 0 Å². The second-order valence-corrected chi connectivity index (χ2v) is 7.55. The highest BCUT2D eigenvalue weighted by Crippen LogP contribution is 2.20. The van der Waals surface area contributed by atoms with Gasteiger partial charge in [0.05, 0.1) is 0 Å². The molecule has 2 heterocycles. The van der Waals surface area contributed by atoms with Crippen molar-refractivity contribution in [1.82, 2.24) is 9.88 Å². The topological polar surface area (TPSA) is 48.5 Å². The van der Waals surface area contributed by atoms with Crippen LogP contribution in [0.3, 0.4) is 0 Å². The van der Waals surface area contributed by atoms with Gasteiger partial charge in [0.15, 0.2) is 0 Å². The van der Waals surface area contributed by atoms with E-state index in [0.717, 1.165) is 31.9 Å². The van der Waals surface area contributed by atoms with E-state index < -0.39 is 0 Å². The number of carbonyl (C=O) groups is 1. The lowest BCUT2D eigenvalue weighted by molar-refractivity contribution is 0.0746. The fraction of sp³-hybridized carbons (Fsp3) is 0.250. The largest absolute Gasteiger partial charge is 0.368 e. The van der Waals surface area contributed by atoms with E-state index in [-0.39, 0.29) is 5.91 Å². The molecule has 4 rings (SSSR count).